The molecule has 2 aromatic rings. The molecule has 2 heterocycles. The summed E-state index contributed by atoms with van der Waals surface area (Å²) in [4.78, 5) is 19.9. The number of hydrogen-bond acceptors (Lipinski definition) is 5. The van der Waals surface area contributed by atoms with Crippen LogP contribution in [0.25, 0.3) is 0 Å². The summed E-state index contributed by atoms with van der Waals surface area (Å²) in [5, 5.41) is 5.51. The zero-order valence-corrected chi connectivity index (χ0v) is 11.1. The Hall–Kier alpha value is -1.50. The van der Waals surface area contributed by atoms with E-state index in [0.29, 0.717) is 23.1 Å². The molecule has 0 atom stereocenters. The number of halogens is 1. The molecule has 0 aliphatic rings. The maximum atomic E-state index is 11.8. The number of hydrogen-bond donors (Lipinski definition) is 1. The van der Waals surface area contributed by atoms with Gasteiger partial charge in [-0.2, -0.15) is 0 Å². The average molecular weight is 284 g/mol. The number of thiazole rings is 1. The number of carbonyl (C=O) groups is 1. The van der Waals surface area contributed by atoms with Crippen LogP contribution >= 0.6 is 22.9 Å². The standard InChI is InChI=1S/C11H10ClN3O2S/c1-17-5-10-15-8(6-18-10)11(16)14-7-2-3-9(12)13-4-7/h2-4,6H,5H2,1H3,(H,14,16). The summed E-state index contributed by atoms with van der Waals surface area (Å²) in [5.41, 5.74) is 0.938. The first-order chi connectivity index (χ1) is 8.69. The molecule has 5 nitrogen and oxygen atoms in total. The van der Waals surface area contributed by atoms with Crippen LogP contribution in [0.1, 0.15) is 15.5 Å². The molecule has 0 unspecified atom stereocenters. The summed E-state index contributed by atoms with van der Waals surface area (Å²) in [6, 6.07) is 3.28. The Morgan fingerprint density at radius 1 is 1.56 bits per heavy atom. The van der Waals surface area contributed by atoms with Crippen molar-refractivity contribution in [3.63, 3.8) is 0 Å². The highest BCUT2D eigenvalue weighted by Crippen LogP contribution is 2.14. The summed E-state index contributed by atoms with van der Waals surface area (Å²) in [5.74, 6) is -0.280. The molecule has 2 aromatic heterocycles. The number of methoxy groups -OCH3 is 1. The fourth-order valence-electron chi connectivity index (χ4n) is 1.25. The third-order valence-electron chi connectivity index (χ3n) is 2.04. The number of nitrogens with one attached hydrogen (secondary N) is 1. The van der Waals surface area contributed by atoms with Crippen LogP contribution in [0.2, 0.25) is 5.15 Å². The van der Waals surface area contributed by atoms with Gasteiger partial charge in [0.15, 0.2) is 0 Å². The van der Waals surface area contributed by atoms with Crippen molar-refractivity contribution in [2.24, 2.45) is 0 Å². The lowest BCUT2D eigenvalue weighted by Crippen LogP contribution is -2.12. The topological polar surface area (TPSA) is 64.1 Å². The normalized spacial score (nSPS) is 10.3. The van der Waals surface area contributed by atoms with E-state index in [1.165, 1.54) is 17.5 Å². The number of anilines is 1. The Kier molecular flexibility index (Phi) is 4.24. The molecular formula is C11H10ClN3O2S. The van der Waals surface area contributed by atoms with Gasteiger partial charge in [-0.25, -0.2) is 9.97 Å². The van der Waals surface area contributed by atoms with Crippen molar-refractivity contribution in [1.29, 1.82) is 0 Å². The third-order valence-corrected chi connectivity index (χ3v) is 3.08. The summed E-state index contributed by atoms with van der Waals surface area (Å²) in [6.07, 6.45) is 1.49. The van der Waals surface area contributed by atoms with Crippen LogP contribution in [0.5, 0.6) is 0 Å². The predicted molar refractivity (Wildman–Crippen MR) is 70.0 cm³/mol. The van der Waals surface area contributed by atoms with E-state index in [2.05, 4.69) is 15.3 Å². The maximum absolute atomic E-state index is 11.8. The van der Waals surface area contributed by atoms with Gasteiger partial charge in [0.1, 0.15) is 15.9 Å². The van der Waals surface area contributed by atoms with Crippen LogP contribution in [0.3, 0.4) is 0 Å². The molecule has 0 aliphatic heterocycles. The molecule has 1 amide bonds. The molecule has 2 rings (SSSR count). The Labute approximate surface area is 113 Å². The second kappa shape index (κ2) is 5.90. The lowest BCUT2D eigenvalue weighted by molar-refractivity contribution is 0.102. The van der Waals surface area contributed by atoms with E-state index in [-0.39, 0.29) is 5.91 Å². The second-order valence-corrected chi connectivity index (χ2v) is 4.71. The number of nitrogens with zero attached hydrogens (tertiary/aromatic N) is 2. The van der Waals surface area contributed by atoms with Crippen molar-refractivity contribution in [3.05, 3.63) is 39.6 Å². The number of pyridine rings is 1. The van der Waals surface area contributed by atoms with E-state index in [9.17, 15) is 4.79 Å². The van der Waals surface area contributed by atoms with Gasteiger partial charge in [-0.1, -0.05) is 11.6 Å². The molecule has 18 heavy (non-hydrogen) atoms. The predicted octanol–water partition coefficient (Wildman–Crippen LogP) is 2.59. The van der Waals surface area contributed by atoms with E-state index in [4.69, 9.17) is 16.3 Å². The Morgan fingerprint density at radius 2 is 2.39 bits per heavy atom. The fraction of sp³-hybridized carbons (Fsp3) is 0.182. The van der Waals surface area contributed by atoms with Crippen molar-refractivity contribution in [3.8, 4) is 0 Å². The molecular weight excluding hydrogens is 274 g/mol. The van der Waals surface area contributed by atoms with E-state index in [1.807, 2.05) is 0 Å². The first-order valence-corrected chi connectivity index (χ1v) is 6.31. The lowest BCUT2D eigenvalue weighted by Gasteiger charge is -2.02. The van der Waals surface area contributed by atoms with Gasteiger partial charge in [-0.3, -0.25) is 4.79 Å². The monoisotopic (exact) mass is 283 g/mol. The van der Waals surface area contributed by atoms with E-state index >= 15 is 0 Å². The Morgan fingerprint density at radius 3 is 3.06 bits per heavy atom. The maximum Gasteiger partial charge on any atom is 0.275 e. The summed E-state index contributed by atoms with van der Waals surface area (Å²) in [6.45, 7) is 0.403. The number of rotatable bonds is 4. The van der Waals surface area contributed by atoms with Crippen LogP contribution in [0, 0.1) is 0 Å². The van der Waals surface area contributed by atoms with E-state index in [1.54, 1.807) is 24.6 Å². The van der Waals surface area contributed by atoms with Crippen molar-refractivity contribution in [2.75, 3.05) is 12.4 Å². The van der Waals surface area contributed by atoms with Crippen molar-refractivity contribution in [2.45, 2.75) is 6.61 Å². The summed E-state index contributed by atoms with van der Waals surface area (Å²) >= 11 is 7.04. The van der Waals surface area contributed by atoms with Gasteiger partial charge in [0.05, 0.1) is 18.5 Å². The van der Waals surface area contributed by atoms with Crippen LogP contribution in [0.4, 0.5) is 5.69 Å². The van der Waals surface area contributed by atoms with Gasteiger partial charge in [0.2, 0.25) is 0 Å². The molecule has 0 aromatic carbocycles. The van der Waals surface area contributed by atoms with Gasteiger partial charge in [0, 0.05) is 12.5 Å². The summed E-state index contributed by atoms with van der Waals surface area (Å²) < 4.78 is 4.94. The van der Waals surface area contributed by atoms with Gasteiger partial charge < -0.3 is 10.1 Å². The minimum Gasteiger partial charge on any atom is -0.378 e. The van der Waals surface area contributed by atoms with E-state index < -0.39 is 0 Å². The van der Waals surface area contributed by atoms with Gasteiger partial charge in [-0.15, -0.1) is 11.3 Å². The van der Waals surface area contributed by atoms with Crippen molar-refractivity contribution >= 4 is 34.5 Å². The van der Waals surface area contributed by atoms with E-state index in [0.717, 1.165) is 5.01 Å². The van der Waals surface area contributed by atoms with Crippen LogP contribution in [-0.2, 0) is 11.3 Å². The van der Waals surface area contributed by atoms with Gasteiger partial charge in [0.25, 0.3) is 5.91 Å². The number of aromatic nitrogens is 2. The zero-order valence-electron chi connectivity index (χ0n) is 9.51. The minimum atomic E-state index is -0.280. The van der Waals surface area contributed by atoms with Crippen molar-refractivity contribution in [1.82, 2.24) is 9.97 Å². The molecule has 0 spiro atoms. The average Bonchev–Trinajstić information content (AvgIpc) is 2.81. The fourth-order valence-corrected chi connectivity index (χ4v) is 2.11. The first-order valence-electron chi connectivity index (χ1n) is 5.05. The van der Waals surface area contributed by atoms with Crippen LogP contribution < -0.4 is 5.32 Å². The van der Waals surface area contributed by atoms with Crippen LogP contribution in [-0.4, -0.2) is 23.0 Å². The molecule has 1 N–H and O–H groups in total. The SMILES string of the molecule is COCc1nc(C(=O)Nc2ccc(Cl)nc2)cs1. The molecule has 0 aliphatic carbocycles. The van der Waals surface area contributed by atoms with Gasteiger partial charge >= 0.3 is 0 Å². The first kappa shape index (κ1) is 12.9. The molecule has 94 valence electrons. The smallest absolute Gasteiger partial charge is 0.275 e. The molecule has 7 heteroatoms. The zero-order chi connectivity index (χ0) is 13.0. The minimum absolute atomic E-state index is 0.280. The Balaban J connectivity index is 2.04. The number of carbonyl (C=O) groups excluding carboxylic acids is 1. The van der Waals surface area contributed by atoms with Gasteiger partial charge in [-0.05, 0) is 12.1 Å². The molecule has 0 saturated heterocycles. The Bertz CT molecular complexity index is 541. The highest BCUT2D eigenvalue weighted by molar-refractivity contribution is 7.09. The molecule has 0 fully saturated rings. The third kappa shape index (κ3) is 3.25. The number of amides is 1. The number of ether oxygens (including phenoxy) is 1. The largest absolute Gasteiger partial charge is 0.378 e. The summed E-state index contributed by atoms with van der Waals surface area (Å²) in [7, 11) is 1.58. The molecule has 0 saturated carbocycles. The molecule has 0 bridgehead atoms. The van der Waals surface area contributed by atoms with Crippen LogP contribution in [0.15, 0.2) is 23.7 Å². The highest BCUT2D eigenvalue weighted by atomic mass is 35.5. The quantitative estimate of drug-likeness (QED) is 0.876. The lowest BCUT2D eigenvalue weighted by atomic mass is 10.4. The molecule has 0 radical (unpaired) electrons. The van der Waals surface area contributed by atoms with Crippen molar-refractivity contribution < 1.29 is 9.53 Å². The second-order valence-electron chi connectivity index (χ2n) is 3.38. The highest BCUT2D eigenvalue weighted by Gasteiger charge is 2.11.